The number of unbranched alkanes of at least 4 members (excludes halogenated alkanes) is 1. The third-order valence-electron chi connectivity index (χ3n) is 2.24. The van der Waals surface area contributed by atoms with E-state index in [9.17, 15) is 0 Å². The van der Waals surface area contributed by atoms with Crippen molar-refractivity contribution in [1.82, 2.24) is 0 Å². The molecule has 0 aliphatic carbocycles. The summed E-state index contributed by atoms with van der Waals surface area (Å²) in [5, 5.41) is 0. The van der Waals surface area contributed by atoms with Crippen molar-refractivity contribution in [3.63, 3.8) is 0 Å². The van der Waals surface area contributed by atoms with Crippen LogP contribution in [0.5, 0.6) is 0 Å². The van der Waals surface area contributed by atoms with Gasteiger partial charge in [0.1, 0.15) is 0 Å². The summed E-state index contributed by atoms with van der Waals surface area (Å²) in [6.45, 7) is 6.61. The van der Waals surface area contributed by atoms with Crippen LogP contribution in [0.4, 0.5) is 0 Å². The van der Waals surface area contributed by atoms with Crippen molar-refractivity contribution >= 4 is 0 Å². The molecule has 0 aromatic heterocycles. The predicted molar refractivity (Wildman–Crippen MR) is 50.1 cm³/mol. The molecule has 1 rings (SSSR count). The van der Waals surface area contributed by atoms with Gasteiger partial charge in [0.25, 0.3) is 0 Å². The molecular weight excluding hydrogens is 294 g/mol. The third-order valence-corrected chi connectivity index (χ3v) is 2.24. The molecule has 0 N–H and O–H groups in total. The van der Waals surface area contributed by atoms with Crippen LogP contribution in [0.25, 0.3) is 0 Å². The van der Waals surface area contributed by atoms with E-state index in [0.29, 0.717) is 0 Å². The van der Waals surface area contributed by atoms with Gasteiger partial charge in [-0.2, -0.15) is 22.8 Å². The third kappa shape index (κ3) is 6.33. The molecule has 0 aliphatic rings. The average molecular weight is 311 g/mol. The van der Waals surface area contributed by atoms with Crippen LogP contribution >= 0.6 is 0 Å². The minimum atomic E-state index is 0. The first-order valence-electron chi connectivity index (χ1n) is 4.47. The van der Waals surface area contributed by atoms with Crippen LogP contribution < -0.4 is 24.8 Å². The maximum absolute atomic E-state index is 2.31. The molecule has 0 fully saturated rings. The molecule has 3 heteroatoms. The van der Waals surface area contributed by atoms with Gasteiger partial charge in [-0.05, 0) is 0 Å². The minimum Gasteiger partial charge on any atom is -1.00 e. The first kappa shape index (κ1) is 20.3. The Labute approximate surface area is 119 Å². The molecule has 0 heterocycles. The van der Waals surface area contributed by atoms with Crippen LogP contribution in [-0.2, 0) is 32.6 Å². The quantitative estimate of drug-likeness (QED) is 0.536. The molecule has 1 aromatic rings. The number of rotatable bonds is 3. The Bertz CT molecular complexity index is 212. The van der Waals surface area contributed by atoms with Crippen LogP contribution in [0.2, 0.25) is 0 Å². The Morgan fingerprint density at radius 2 is 1.86 bits per heavy atom. The molecule has 14 heavy (non-hydrogen) atoms. The van der Waals surface area contributed by atoms with Crippen molar-refractivity contribution in [3.05, 3.63) is 28.8 Å². The van der Waals surface area contributed by atoms with Gasteiger partial charge < -0.3 is 24.8 Å². The van der Waals surface area contributed by atoms with E-state index in [0.717, 1.165) is 0 Å². The fourth-order valence-corrected chi connectivity index (χ4v) is 1.35. The van der Waals surface area contributed by atoms with E-state index in [4.69, 9.17) is 0 Å². The Hall–Kier alpha value is 0.813. The van der Waals surface area contributed by atoms with Crippen molar-refractivity contribution in [2.75, 3.05) is 0 Å². The molecule has 1 aromatic carbocycles. The van der Waals surface area contributed by atoms with Crippen molar-refractivity contribution < 1.29 is 51.0 Å². The van der Waals surface area contributed by atoms with Crippen LogP contribution in [0.1, 0.15) is 36.5 Å². The molecule has 0 bridgehead atoms. The fraction of sp³-hybridized carbons (Fsp3) is 0.545. The molecule has 0 unspecified atom stereocenters. The first-order valence-corrected chi connectivity index (χ1v) is 4.47. The standard InChI is InChI=1S/C11H17.2ClH.Zr/c1-4-5-6-11-7-9(2)10(3)8-11;;;/h7-8H,4-6H2,1-3H3;2*1H;/q-1;;;+3/p-2. The minimum absolute atomic E-state index is 0. The van der Waals surface area contributed by atoms with Gasteiger partial charge in [0.05, 0.1) is 0 Å². The maximum Gasteiger partial charge on any atom is 3.00 e. The molecule has 0 amide bonds. The van der Waals surface area contributed by atoms with Gasteiger partial charge in [-0.25, -0.2) is 6.07 Å². The molecule has 0 spiro atoms. The van der Waals surface area contributed by atoms with Gasteiger partial charge in [0, 0.05) is 0 Å². The summed E-state index contributed by atoms with van der Waals surface area (Å²) in [4.78, 5) is 0. The van der Waals surface area contributed by atoms with Crippen molar-refractivity contribution in [2.24, 2.45) is 0 Å². The van der Waals surface area contributed by atoms with E-state index >= 15 is 0 Å². The van der Waals surface area contributed by atoms with E-state index in [1.54, 1.807) is 0 Å². The van der Waals surface area contributed by atoms with E-state index in [1.807, 2.05) is 0 Å². The molecule has 0 saturated carbocycles. The average Bonchev–Trinajstić information content (AvgIpc) is 2.28. The van der Waals surface area contributed by atoms with E-state index < -0.39 is 0 Å². The Morgan fingerprint density at radius 1 is 1.29 bits per heavy atom. The Morgan fingerprint density at radius 3 is 2.21 bits per heavy atom. The molecule has 79 valence electrons. The summed E-state index contributed by atoms with van der Waals surface area (Å²) in [6.07, 6.45) is 3.87. The summed E-state index contributed by atoms with van der Waals surface area (Å²) in [7, 11) is 0. The van der Waals surface area contributed by atoms with Crippen molar-refractivity contribution in [1.29, 1.82) is 0 Å². The van der Waals surface area contributed by atoms with Gasteiger partial charge >= 0.3 is 26.2 Å². The van der Waals surface area contributed by atoms with Gasteiger partial charge in [-0.15, -0.1) is 0 Å². The van der Waals surface area contributed by atoms with Gasteiger partial charge in [0.15, 0.2) is 0 Å². The molecule has 0 nitrogen and oxygen atoms in total. The van der Waals surface area contributed by atoms with E-state index in [2.05, 4.69) is 32.9 Å². The number of hydrogen-bond donors (Lipinski definition) is 0. The molecule has 0 aliphatic heterocycles. The Kier molecular flexibility index (Phi) is 15.0. The largest absolute Gasteiger partial charge is 3.00 e. The summed E-state index contributed by atoms with van der Waals surface area (Å²) in [5.74, 6) is 0. The van der Waals surface area contributed by atoms with E-state index in [1.165, 1.54) is 36.0 Å². The summed E-state index contributed by atoms with van der Waals surface area (Å²) < 4.78 is 0. The van der Waals surface area contributed by atoms with Crippen molar-refractivity contribution in [3.8, 4) is 0 Å². The molecule has 1 radical (unpaired) electrons. The van der Waals surface area contributed by atoms with Crippen LogP contribution in [0, 0.1) is 13.8 Å². The number of aryl methyl sites for hydroxylation is 3. The zero-order valence-corrected chi connectivity index (χ0v) is 13.0. The van der Waals surface area contributed by atoms with Crippen LogP contribution in [0.3, 0.4) is 0 Å². The SMILES string of the molecule is CCCCc1cc(C)[c-](C)c1.[Cl-].[Cl-].[Zr+3]. The second-order valence-corrected chi connectivity index (χ2v) is 3.33. The van der Waals surface area contributed by atoms with Gasteiger partial charge in [0.2, 0.25) is 0 Å². The zero-order chi connectivity index (χ0) is 8.27. The smallest absolute Gasteiger partial charge is 1.00 e. The van der Waals surface area contributed by atoms with Gasteiger partial charge in [-0.3, -0.25) is 0 Å². The summed E-state index contributed by atoms with van der Waals surface area (Å²) >= 11 is 0. The molecule has 0 saturated heterocycles. The molecule has 0 atom stereocenters. The monoisotopic (exact) mass is 309 g/mol. The normalized spacial score (nSPS) is 8.21. The van der Waals surface area contributed by atoms with Gasteiger partial charge in [-0.1, -0.05) is 40.0 Å². The summed E-state index contributed by atoms with van der Waals surface area (Å²) in [5.41, 5.74) is 4.40. The molecular formula is C11H17Cl2Zr. The van der Waals surface area contributed by atoms with Crippen molar-refractivity contribution in [2.45, 2.75) is 40.0 Å². The Balaban J connectivity index is -0.000000403. The van der Waals surface area contributed by atoms with Crippen LogP contribution in [0.15, 0.2) is 12.1 Å². The number of halogens is 2. The first-order chi connectivity index (χ1) is 5.24. The topological polar surface area (TPSA) is 0 Å². The second-order valence-electron chi connectivity index (χ2n) is 3.33. The second kappa shape index (κ2) is 10.3. The van der Waals surface area contributed by atoms with E-state index in [-0.39, 0.29) is 51.0 Å². The van der Waals surface area contributed by atoms with Crippen LogP contribution in [-0.4, -0.2) is 0 Å². The maximum atomic E-state index is 2.31. The predicted octanol–water partition coefficient (Wildman–Crippen LogP) is -2.63. The zero-order valence-electron chi connectivity index (χ0n) is 9.03. The number of hydrogen-bond acceptors (Lipinski definition) is 0. The fourth-order valence-electron chi connectivity index (χ4n) is 1.35. The summed E-state index contributed by atoms with van der Waals surface area (Å²) in [6, 6.07) is 4.62.